The topological polar surface area (TPSA) is 60.2 Å². The largest absolute Gasteiger partial charge is 0.323 e. The van der Waals surface area contributed by atoms with Gasteiger partial charge < -0.3 is 5.73 Å². The Kier molecular flexibility index (Phi) is 3.38. The average molecular weight is 301 g/mol. The van der Waals surface area contributed by atoms with Crippen molar-refractivity contribution in [3.05, 3.63) is 64.7 Å². The highest BCUT2D eigenvalue weighted by Gasteiger charge is 2.40. The van der Waals surface area contributed by atoms with E-state index in [4.69, 9.17) is 5.73 Å². The van der Waals surface area contributed by atoms with Crippen LogP contribution in [0, 0.1) is 13.8 Å². The van der Waals surface area contributed by atoms with Gasteiger partial charge in [0.05, 0.1) is 10.1 Å². The standard InChI is InChI=1S/C17H19NO2S/c1-11-7-8-12(2)15(9-11)21(19,20)16-10-13-5-3-4-6-14(13)17(16)18/h3-9,16-17H,10,18H2,1-2H3. The molecule has 4 heteroatoms. The first-order chi connectivity index (χ1) is 9.91. The lowest BCUT2D eigenvalue weighted by molar-refractivity contribution is 0.564. The molecular weight excluding hydrogens is 282 g/mol. The lowest BCUT2D eigenvalue weighted by Crippen LogP contribution is -2.31. The summed E-state index contributed by atoms with van der Waals surface area (Å²) >= 11 is 0. The van der Waals surface area contributed by atoms with Crippen LogP contribution in [-0.2, 0) is 16.3 Å². The molecule has 0 fully saturated rings. The number of aryl methyl sites for hydroxylation is 2. The van der Waals surface area contributed by atoms with E-state index in [9.17, 15) is 8.42 Å². The molecule has 0 saturated heterocycles. The zero-order valence-corrected chi connectivity index (χ0v) is 13.0. The van der Waals surface area contributed by atoms with Crippen molar-refractivity contribution in [3.63, 3.8) is 0 Å². The van der Waals surface area contributed by atoms with Crippen LogP contribution >= 0.6 is 0 Å². The highest BCUT2D eigenvalue weighted by molar-refractivity contribution is 7.92. The summed E-state index contributed by atoms with van der Waals surface area (Å²) in [4.78, 5) is 0.413. The Bertz CT molecular complexity index is 796. The van der Waals surface area contributed by atoms with Crippen molar-refractivity contribution >= 4 is 9.84 Å². The van der Waals surface area contributed by atoms with Gasteiger partial charge in [0.25, 0.3) is 0 Å². The van der Waals surface area contributed by atoms with Crippen LogP contribution in [0.25, 0.3) is 0 Å². The molecule has 0 spiro atoms. The summed E-state index contributed by atoms with van der Waals surface area (Å²) in [6, 6.07) is 12.8. The highest BCUT2D eigenvalue weighted by atomic mass is 32.2. The molecule has 0 aliphatic heterocycles. The summed E-state index contributed by atoms with van der Waals surface area (Å²) < 4.78 is 26.0. The zero-order chi connectivity index (χ0) is 15.2. The van der Waals surface area contributed by atoms with E-state index in [-0.39, 0.29) is 0 Å². The molecule has 21 heavy (non-hydrogen) atoms. The minimum atomic E-state index is -3.43. The van der Waals surface area contributed by atoms with E-state index in [0.717, 1.165) is 22.3 Å². The molecule has 0 amide bonds. The number of rotatable bonds is 2. The van der Waals surface area contributed by atoms with Crippen LogP contribution in [-0.4, -0.2) is 13.7 Å². The summed E-state index contributed by atoms with van der Waals surface area (Å²) in [5, 5.41) is -0.574. The van der Waals surface area contributed by atoms with Crippen LogP contribution in [0.1, 0.15) is 28.3 Å². The lowest BCUT2D eigenvalue weighted by atomic mass is 10.1. The average Bonchev–Trinajstić information content (AvgIpc) is 2.80. The van der Waals surface area contributed by atoms with Crippen LogP contribution in [0.5, 0.6) is 0 Å². The first-order valence-corrected chi connectivity index (χ1v) is 8.60. The van der Waals surface area contributed by atoms with Crippen molar-refractivity contribution in [2.45, 2.75) is 36.5 Å². The Morgan fingerprint density at radius 3 is 2.52 bits per heavy atom. The second-order valence-electron chi connectivity index (χ2n) is 5.78. The number of sulfone groups is 1. The van der Waals surface area contributed by atoms with Gasteiger partial charge in [0.1, 0.15) is 0 Å². The highest BCUT2D eigenvalue weighted by Crippen LogP contribution is 2.37. The van der Waals surface area contributed by atoms with Gasteiger partial charge in [-0.15, -0.1) is 0 Å². The van der Waals surface area contributed by atoms with Gasteiger partial charge in [-0.25, -0.2) is 8.42 Å². The van der Waals surface area contributed by atoms with Gasteiger partial charge in [0.2, 0.25) is 0 Å². The van der Waals surface area contributed by atoms with Crippen LogP contribution in [0.15, 0.2) is 47.4 Å². The Morgan fingerprint density at radius 1 is 1.10 bits per heavy atom. The molecule has 2 atom stereocenters. The van der Waals surface area contributed by atoms with Crippen LogP contribution < -0.4 is 5.73 Å². The summed E-state index contributed by atoms with van der Waals surface area (Å²) in [5.74, 6) is 0. The number of hydrogen-bond donors (Lipinski definition) is 1. The van der Waals surface area contributed by atoms with E-state index in [1.54, 1.807) is 6.07 Å². The maximum atomic E-state index is 13.0. The van der Waals surface area contributed by atoms with Gasteiger partial charge in [0, 0.05) is 6.04 Å². The van der Waals surface area contributed by atoms with Gasteiger partial charge in [-0.05, 0) is 48.6 Å². The molecule has 0 radical (unpaired) electrons. The monoisotopic (exact) mass is 301 g/mol. The molecule has 0 heterocycles. The summed E-state index contributed by atoms with van der Waals surface area (Å²) in [7, 11) is -3.43. The molecule has 3 nitrogen and oxygen atoms in total. The second kappa shape index (κ2) is 4.97. The normalized spacial score (nSPS) is 21.3. The summed E-state index contributed by atoms with van der Waals surface area (Å²) in [6.07, 6.45) is 0.493. The smallest absolute Gasteiger partial charge is 0.183 e. The Balaban J connectivity index is 2.07. The predicted molar refractivity (Wildman–Crippen MR) is 84.0 cm³/mol. The SMILES string of the molecule is Cc1ccc(C)c(S(=O)(=O)C2Cc3ccccc3C2N)c1. The summed E-state index contributed by atoms with van der Waals surface area (Å²) in [5.41, 5.74) is 9.95. The lowest BCUT2D eigenvalue weighted by Gasteiger charge is -2.18. The molecule has 0 aromatic heterocycles. The van der Waals surface area contributed by atoms with Crippen molar-refractivity contribution in [2.24, 2.45) is 5.73 Å². The number of fused-ring (bicyclic) bond motifs is 1. The molecule has 2 aromatic carbocycles. The molecule has 3 rings (SSSR count). The number of nitrogens with two attached hydrogens (primary N) is 1. The van der Waals surface area contributed by atoms with Crippen LogP contribution in [0.2, 0.25) is 0 Å². The minimum absolute atomic E-state index is 0.413. The quantitative estimate of drug-likeness (QED) is 0.927. The predicted octanol–water partition coefficient (Wildman–Crippen LogP) is 2.70. The van der Waals surface area contributed by atoms with Gasteiger partial charge in [-0.3, -0.25) is 0 Å². The Labute approximate surface area is 125 Å². The molecule has 1 aliphatic rings. The first-order valence-electron chi connectivity index (χ1n) is 7.06. The fraction of sp³-hybridized carbons (Fsp3) is 0.294. The van der Waals surface area contributed by atoms with Crippen molar-refractivity contribution in [1.29, 1.82) is 0 Å². The van der Waals surface area contributed by atoms with Gasteiger partial charge >= 0.3 is 0 Å². The van der Waals surface area contributed by atoms with Crippen molar-refractivity contribution < 1.29 is 8.42 Å². The van der Waals surface area contributed by atoms with Crippen LogP contribution in [0.4, 0.5) is 0 Å². The van der Waals surface area contributed by atoms with E-state index in [2.05, 4.69) is 0 Å². The molecular formula is C17H19NO2S. The van der Waals surface area contributed by atoms with E-state index in [1.807, 2.05) is 50.2 Å². The third kappa shape index (κ3) is 2.28. The third-order valence-electron chi connectivity index (χ3n) is 4.28. The number of hydrogen-bond acceptors (Lipinski definition) is 3. The summed E-state index contributed by atoms with van der Waals surface area (Å²) in [6.45, 7) is 3.74. The molecule has 110 valence electrons. The first kappa shape index (κ1) is 14.3. The zero-order valence-electron chi connectivity index (χ0n) is 12.2. The molecule has 2 unspecified atom stereocenters. The van der Waals surface area contributed by atoms with Gasteiger partial charge in [-0.2, -0.15) is 0 Å². The Morgan fingerprint density at radius 2 is 1.81 bits per heavy atom. The number of benzene rings is 2. The van der Waals surface area contributed by atoms with E-state index >= 15 is 0 Å². The maximum Gasteiger partial charge on any atom is 0.183 e. The molecule has 0 saturated carbocycles. The fourth-order valence-corrected chi connectivity index (χ4v) is 5.19. The molecule has 0 bridgehead atoms. The molecule has 1 aliphatic carbocycles. The van der Waals surface area contributed by atoms with Gasteiger partial charge in [0.15, 0.2) is 9.84 Å². The molecule has 2 aromatic rings. The van der Waals surface area contributed by atoms with Crippen molar-refractivity contribution in [3.8, 4) is 0 Å². The maximum absolute atomic E-state index is 13.0. The van der Waals surface area contributed by atoms with E-state index in [1.165, 1.54) is 0 Å². The van der Waals surface area contributed by atoms with Crippen LogP contribution in [0.3, 0.4) is 0 Å². The third-order valence-corrected chi connectivity index (χ3v) is 6.59. The Hall–Kier alpha value is -1.65. The minimum Gasteiger partial charge on any atom is -0.323 e. The van der Waals surface area contributed by atoms with Gasteiger partial charge in [-0.1, -0.05) is 36.4 Å². The molecule has 2 N–H and O–H groups in total. The van der Waals surface area contributed by atoms with E-state index in [0.29, 0.717) is 11.3 Å². The van der Waals surface area contributed by atoms with E-state index < -0.39 is 21.1 Å². The fourth-order valence-electron chi connectivity index (χ4n) is 3.07. The second-order valence-corrected chi connectivity index (χ2v) is 7.92. The van der Waals surface area contributed by atoms with Crippen molar-refractivity contribution in [1.82, 2.24) is 0 Å². The van der Waals surface area contributed by atoms with Crippen molar-refractivity contribution in [2.75, 3.05) is 0 Å².